The van der Waals surface area contributed by atoms with E-state index >= 15 is 0 Å². The predicted octanol–water partition coefficient (Wildman–Crippen LogP) is 4.27. The summed E-state index contributed by atoms with van der Waals surface area (Å²) < 4.78 is 6.09. The van der Waals surface area contributed by atoms with Gasteiger partial charge in [0.05, 0.1) is 17.8 Å². The van der Waals surface area contributed by atoms with Gasteiger partial charge in [-0.3, -0.25) is 0 Å². The maximum absolute atomic E-state index is 11.1. The Hall–Kier alpha value is -0.830. The van der Waals surface area contributed by atoms with Crippen molar-refractivity contribution in [3.63, 3.8) is 0 Å². The van der Waals surface area contributed by atoms with E-state index in [1.165, 1.54) is 19.3 Å². The summed E-state index contributed by atoms with van der Waals surface area (Å²) in [7, 11) is 0. The summed E-state index contributed by atoms with van der Waals surface area (Å²) in [5.74, 6) is -0.320. The summed E-state index contributed by atoms with van der Waals surface area (Å²) in [5, 5.41) is 9.13. The minimum absolute atomic E-state index is 0.0816. The van der Waals surface area contributed by atoms with E-state index in [1.807, 2.05) is 13.8 Å². The van der Waals surface area contributed by atoms with Gasteiger partial charge in [-0.2, -0.15) is 0 Å². The number of carboxylic acid groups (broad SMARTS) is 1. The maximum atomic E-state index is 11.1. The first-order valence-electron chi connectivity index (χ1n) is 7.71. The summed E-state index contributed by atoms with van der Waals surface area (Å²) in [4.78, 5) is 11.1. The third-order valence-electron chi connectivity index (χ3n) is 4.49. The molecule has 116 valence electrons. The van der Waals surface area contributed by atoms with Crippen LogP contribution in [0.1, 0.15) is 60.3 Å². The van der Waals surface area contributed by atoms with Crippen LogP contribution in [-0.4, -0.2) is 23.3 Å². The highest BCUT2D eigenvalue weighted by Crippen LogP contribution is 2.41. The van der Waals surface area contributed by atoms with Crippen LogP contribution in [0.25, 0.3) is 0 Å². The lowest BCUT2D eigenvalue weighted by atomic mass is 9.71. The van der Waals surface area contributed by atoms with E-state index in [4.69, 9.17) is 9.84 Å². The molecule has 0 radical (unpaired) electrons. The van der Waals surface area contributed by atoms with Gasteiger partial charge in [0.25, 0.3) is 0 Å². The number of carboxylic acids is 1. The molecule has 1 fully saturated rings. The number of hydrogen-bond donors (Lipinski definition) is 1. The molecule has 2 unspecified atom stereocenters. The molecule has 1 saturated carbocycles. The van der Waals surface area contributed by atoms with E-state index in [-0.39, 0.29) is 17.6 Å². The van der Waals surface area contributed by atoms with Crippen LogP contribution in [0.3, 0.4) is 0 Å². The number of aliphatic carboxylic acids is 1. The van der Waals surface area contributed by atoms with Crippen LogP contribution in [0, 0.1) is 17.3 Å². The fourth-order valence-corrected chi connectivity index (χ4v) is 3.26. The fraction of sp³-hybridized carbons (Fsp3) is 0.824. The van der Waals surface area contributed by atoms with Gasteiger partial charge in [-0.1, -0.05) is 40.7 Å². The van der Waals surface area contributed by atoms with Crippen molar-refractivity contribution in [3.05, 3.63) is 12.2 Å². The molecule has 0 bridgehead atoms. The van der Waals surface area contributed by atoms with Crippen molar-refractivity contribution in [2.75, 3.05) is 0 Å². The molecule has 0 heterocycles. The Bertz CT molecular complexity index is 357. The predicted molar refractivity (Wildman–Crippen MR) is 81.7 cm³/mol. The molecule has 0 aromatic carbocycles. The highest BCUT2D eigenvalue weighted by atomic mass is 16.5. The zero-order chi connectivity index (χ0) is 15.5. The Morgan fingerprint density at radius 1 is 1.35 bits per heavy atom. The molecular formula is C17H30O3. The highest BCUT2D eigenvalue weighted by Gasteiger charge is 2.33. The first-order chi connectivity index (χ1) is 9.14. The van der Waals surface area contributed by atoms with E-state index in [1.54, 1.807) is 0 Å². The van der Waals surface area contributed by atoms with Crippen LogP contribution in [0.15, 0.2) is 12.2 Å². The second-order valence-corrected chi connectivity index (χ2v) is 7.36. The van der Waals surface area contributed by atoms with Gasteiger partial charge in [0.1, 0.15) is 0 Å². The molecule has 3 nitrogen and oxygen atoms in total. The van der Waals surface area contributed by atoms with Crippen molar-refractivity contribution >= 4 is 5.97 Å². The molecule has 3 heteroatoms. The molecule has 0 aliphatic heterocycles. The Labute approximate surface area is 123 Å². The first-order valence-corrected chi connectivity index (χ1v) is 7.71. The Morgan fingerprint density at radius 3 is 2.40 bits per heavy atom. The third kappa shape index (κ3) is 4.62. The van der Waals surface area contributed by atoms with Crippen molar-refractivity contribution in [3.8, 4) is 0 Å². The lowest BCUT2D eigenvalue weighted by molar-refractivity contribution is -0.136. The van der Waals surface area contributed by atoms with Crippen LogP contribution in [-0.2, 0) is 9.53 Å². The number of hydrogen-bond acceptors (Lipinski definition) is 2. The molecule has 1 N–H and O–H groups in total. The van der Waals surface area contributed by atoms with Crippen LogP contribution in [0.5, 0.6) is 0 Å². The fourth-order valence-electron chi connectivity index (χ4n) is 3.26. The molecule has 0 saturated heterocycles. The summed E-state index contributed by atoms with van der Waals surface area (Å²) in [6.07, 6.45) is 4.52. The minimum Gasteiger partial charge on any atom is -0.478 e. The molecule has 1 rings (SSSR count). The lowest BCUT2D eigenvalue weighted by Gasteiger charge is -2.39. The Morgan fingerprint density at radius 2 is 1.95 bits per heavy atom. The monoisotopic (exact) mass is 282 g/mol. The van der Waals surface area contributed by atoms with E-state index in [9.17, 15) is 4.79 Å². The quantitative estimate of drug-likeness (QED) is 0.740. The Balaban J connectivity index is 2.68. The average molecular weight is 282 g/mol. The second-order valence-electron chi connectivity index (χ2n) is 7.36. The summed E-state index contributed by atoms with van der Waals surface area (Å²) in [5.41, 5.74) is 0.541. The zero-order valence-corrected chi connectivity index (χ0v) is 13.6. The lowest BCUT2D eigenvalue weighted by Crippen LogP contribution is -2.36. The van der Waals surface area contributed by atoms with Gasteiger partial charge in [-0.15, -0.1) is 0 Å². The molecule has 0 amide bonds. The molecule has 0 aromatic rings. The maximum Gasteiger partial charge on any atom is 0.333 e. The number of rotatable bonds is 6. The number of ether oxygens (including phenoxy) is 1. The molecule has 1 aliphatic rings. The molecular weight excluding hydrogens is 252 g/mol. The van der Waals surface area contributed by atoms with Gasteiger partial charge in [0, 0.05) is 0 Å². The van der Waals surface area contributed by atoms with Crippen molar-refractivity contribution in [1.29, 1.82) is 0 Å². The van der Waals surface area contributed by atoms with Gasteiger partial charge >= 0.3 is 5.97 Å². The Kier molecular flexibility index (Phi) is 5.81. The largest absolute Gasteiger partial charge is 0.478 e. The standard InChI is InChI=1S/C17H30O3/c1-11(2)15(12(3)16(18)19)20-13(4)14-8-7-9-17(5,6)10-14/h11,13-15H,3,7-10H2,1-2,4-6H3,(H,18,19)/t13?,14?,15-/m1/s1. The number of carbonyl (C=O) groups is 1. The molecule has 1 aliphatic carbocycles. The zero-order valence-electron chi connectivity index (χ0n) is 13.6. The van der Waals surface area contributed by atoms with Crippen molar-refractivity contribution < 1.29 is 14.6 Å². The molecule has 3 atom stereocenters. The van der Waals surface area contributed by atoms with Crippen molar-refractivity contribution in [1.82, 2.24) is 0 Å². The smallest absolute Gasteiger partial charge is 0.333 e. The highest BCUT2D eigenvalue weighted by molar-refractivity contribution is 5.87. The SMILES string of the molecule is C=C(C(=O)O)[C@H](OC(C)C1CCCC(C)(C)C1)C(C)C. The van der Waals surface area contributed by atoms with Gasteiger partial charge in [-0.05, 0) is 43.4 Å². The molecule has 0 spiro atoms. The van der Waals surface area contributed by atoms with Crippen LogP contribution in [0.4, 0.5) is 0 Å². The van der Waals surface area contributed by atoms with Crippen LogP contribution in [0.2, 0.25) is 0 Å². The van der Waals surface area contributed by atoms with Crippen LogP contribution < -0.4 is 0 Å². The van der Waals surface area contributed by atoms with Gasteiger partial charge in [-0.25, -0.2) is 4.79 Å². The van der Waals surface area contributed by atoms with E-state index in [2.05, 4.69) is 27.4 Å². The van der Waals surface area contributed by atoms with E-state index in [0.29, 0.717) is 11.3 Å². The topological polar surface area (TPSA) is 46.5 Å². The first kappa shape index (κ1) is 17.2. The van der Waals surface area contributed by atoms with Gasteiger partial charge in [0.15, 0.2) is 0 Å². The van der Waals surface area contributed by atoms with E-state index in [0.717, 1.165) is 6.42 Å². The molecule has 0 aromatic heterocycles. The van der Waals surface area contributed by atoms with Gasteiger partial charge < -0.3 is 9.84 Å². The third-order valence-corrected chi connectivity index (χ3v) is 4.49. The van der Waals surface area contributed by atoms with Crippen molar-refractivity contribution in [2.24, 2.45) is 17.3 Å². The van der Waals surface area contributed by atoms with Gasteiger partial charge in [0.2, 0.25) is 0 Å². The van der Waals surface area contributed by atoms with Crippen LogP contribution >= 0.6 is 0 Å². The summed E-state index contributed by atoms with van der Waals surface area (Å²) >= 11 is 0. The normalized spacial score (nSPS) is 25.2. The van der Waals surface area contributed by atoms with Crippen molar-refractivity contribution in [2.45, 2.75) is 72.5 Å². The summed E-state index contributed by atoms with van der Waals surface area (Å²) in [6.45, 7) is 14.3. The summed E-state index contributed by atoms with van der Waals surface area (Å²) in [6, 6.07) is 0. The molecule has 20 heavy (non-hydrogen) atoms. The average Bonchev–Trinajstić information content (AvgIpc) is 2.33. The second kappa shape index (κ2) is 6.75. The van der Waals surface area contributed by atoms with E-state index < -0.39 is 12.1 Å². The minimum atomic E-state index is -0.958.